The molecule has 6 nitrogen and oxygen atoms in total. The molecule has 1 heterocycles. The van der Waals surface area contributed by atoms with Crippen molar-refractivity contribution in [1.82, 2.24) is 0 Å². The van der Waals surface area contributed by atoms with Crippen LogP contribution in [-0.2, 0) is 28.5 Å². The summed E-state index contributed by atoms with van der Waals surface area (Å²) in [6.45, 7) is 3.55. The van der Waals surface area contributed by atoms with Gasteiger partial charge in [0.1, 0.15) is 12.2 Å². The molecule has 110 valence electrons. The molecule has 1 aliphatic rings. The largest absolute Gasteiger partial charge is 0.454 e. The summed E-state index contributed by atoms with van der Waals surface area (Å²) in [5.74, 6) is -0.435. The maximum Gasteiger partial charge on any atom is 0.330 e. The van der Waals surface area contributed by atoms with Gasteiger partial charge >= 0.3 is 5.97 Å². The number of ether oxygens (including phenoxy) is 5. The molecule has 0 spiro atoms. The fraction of sp³-hybridized carbons (Fsp3) is 0.769. The van der Waals surface area contributed by atoms with Crippen molar-refractivity contribution in [3.8, 4) is 0 Å². The van der Waals surface area contributed by atoms with E-state index < -0.39 is 30.6 Å². The van der Waals surface area contributed by atoms with E-state index in [0.717, 1.165) is 0 Å². The van der Waals surface area contributed by atoms with Gasteiger partial charge in [-0.25, -0.2) is 4.79 Å². The number of carbonyl (C=O) groups excluding carboxylic acids is 1. The maximum atomic E-state index is 11.6. The molecule has 0 bridgehead atoms. The van der Waals surface area contributed by atoms with Crippen LogP contribution in [0.4, 0.5) is 0 Å². The second-order valence-electron chi connectivity index (χ2n) is 4.25. The molecule has 0 radical (unpaired) electrons. The molecule has 0 aromatic heterocycles. The molecule has 0 saturated carbocycles. The third-order valence-electron chi connectivity index (χ3n) is 3.06. The smallest absolute Gasteiger partial charge is 0.330 e. The topological polar surface area (TPSA) is 63.2 Å². The van der Waals surface area contributed by atoms with Gasteiger partial charge in [0.05, 0.1) is 6.10 Å². The van der Waals surface area contributed by atoms with Crippen LogP contribution in [0.15, 0.2) is 12.2 Å². The average Bonchev–Trinajstić information content (AvgIpc) is 2.40. The minimum atomic E-state index is -0.554. The summed E-state index contributed by atoms with van der Waals surface area (Å²) in [5, 5.41) is 0. The van der Waals surface area contributed by atoms with Crippen LogP contribution in [0.1, 0.15) is 13.8 Å². The van der Waals surface area contributed by atoms with Gasteiger partial charge in [0.25, 0.3) is 0 Å². The Hall–Kier alpha value is -0.950. The van der Waals surface area contributed by atoms with Crippen LogP contribution in [0.3, 0.4) is 0 Å². The van der Waals surface area contributed by atoms with E-state index in [9.17, 15) is 4.79 Å². The van der Waals surface area contributed by atoms with Gasteiger partial charge in [-0.05, 0) is 13.8 Å². The molecule has 1 fully saturated rings. The fourth-order valence-electron chi connectivity index (χ4n) is 2.15. The molecule has 1 rings (SSSR count). The summed E-state index contributed by atoms with van der Waals surface area (Å²) >= 11 is 0. The van der Waals surface area contributed by atoms with Crippen molar-refractivity contribution >= 4 is 5.97 Å². The molecule has 1 aliphatic heterocycles. The normalized spacial score (nSPS) is 35.5. The number of esters is 1. The van der Waals surface area contributed by atoms with Gasteiger partial charge in [-0.3, -0.25) is 0 Å². The Kier molecular flexibility index (Phi) is 6.44. The first-order valence-electron chi connectivity index (χ1n) is 6.16. The highest BCUT2D eigenvalue weighted by Gasteiger charge is 2.47. The summed E-state index contributed by atoms with van der Waals surface area (Å²) in [6, 6.07) is 0. The van der Waals surface area contributed by atoms with Gasteiger partial charge in [0.15, 0.2) is 12.4 Å². The van der Waals surface area contributed by atoms with E-state index in [2.05, 4.69) is 0 Å². The molecular weight excluding hydrogens is 252 g/mol. The molecule has 1 saturated heterocycles. The summed E-state index contributed by atoms with van der Waals surface area (Å²) in [4.78, 5) is 11.6. The Labute approximate surface area is 113 Å². The van der Waals surface area contributed by atoms with E-state index >= 15 is 0 Å². The standard InChI is InChI=1S/C13H22O6/c1-6-7-9(14)19-10-8(2)18-13(17-5)12(16-4)11(10)15-3/h6-8,10-13H,1-5H3/b7-6+/t8-,10-,11+,12-,13+/m1/s1. The average molecular weight is 274 g/mol. The lowest BCUT2D eigenvalue weighted by atomic mass is 9.99. The van der Waals surface area contributed by atoms with Crippen LogP contribution >= 0.6 is 0 Å². The van der Waals surface area contributed by atoms with Gasteiger partial charge in [0.2, 0.25) is 0 Å². The van der Waals surface area contributed by atoms with E-state index in [1.54, 1.807) is 19.9 Å². The zero-order valence-electron chi connectivity index (χ0n) is 12.0. The highest BCUT2D eigenvalue weighted by molar-refractivity contribution is 5.82. The molecule has 0 aliphatic carbocycles. The van der Waals surface area contributed by atoms with Gasteiger partial charge in [-0.15, -0.1) is 0 Å². The third-order valence-corrected chi connectivity index (χ3v) is 3.06. The predicted molar refractivity (Wildman–Crippen MR) is 67.6 cm³/mol. The molecule has 0 aromatic carbocycles. The Bertz CT molecular complexity index is 316. The maximum absolute atomic E-state index is 11.6. The highest BCUT2D eigenvalue weighted by Crippen LogP contribution is 2.27. The number of methoxy groups -OCH3 is 3. The summed E-state index contributed by atoms with van der Waals surface area (Å²) in [6.07, 6.45) is 0.596. The molecule has 19 heavy (non-hydrogen) atoms. The van der Waals surface area contributed by atoms with E-state index in [-0.39, 0.29) is 6.10 Å². The first kappa shape index (κ1) is 16.1. The molecule has 0 aromatic rings. The molecule has 5 atom stereocenters. The fourth-order valence-corrected chi connectivity index (χ4v) is 2.15. The van der Waals surface area contributed by atoms with Crippen molar-refractivity contribution in [2.45, 2.75) is 44.6 Å². The minimum absolute atomic E-state index is 0.351. The lowest BCUT2D eigenvalue weighted by Crippen LogP contribution is -2.59. The van der Waals surface area contributed by atoms with Crippen LogP contribution in [0.2, 0.25) is 0 Å². The molecule has 0 N–H and O–H groups in total. The lowest BCUT2D eigenvalue weighted by Gasteiger charge is -2.43. The molecule has 0 amide bonds. The van der Waals surface area contributed by atoms with Gasteiger partial charge in [-0.1, -0.05) is 6.08 Å². The van der Waals surface area contributed by atoms with Crippen LogP contribution in [0.5, 0.6) is 0 Å². The molecule has 0 unspecified atom stereocenters. The van der Waals surface area contributed by atoms with Crippen LogP contribution in [0, 0.1) is 0 Å². The lowest BCUT2D eigenvalue weighted by molar-refractivity contribution is -0.297. The Morgan fingerprint density at radius 3 is 2.16 bits per heavy atom. The summed E-state index contributed by atoms with van der Waals surface area (Å²) in [5.41, 5.74) is 0. The quantitative estimate of drug-likeness (QED) is 0.548. The van der Waals surface area contributed by atoms with Gasteiger partial charge < -0.3 is 23.7 Å². The number of hydrogen-bond acceptors (Lipinski definition) is 6. The SMILES string of the molecule is C/C=C/C(=O)O[C@H]1[C@H](OC)[C@@H](OC)[C@@H](OC)O[C@@H]1C. The molecule has 6 heteroatoms. The zero-order chi connectivity index (χ0) is 14.4. The number of rotatable bonds is 5. The van der Waals surface area contributed by atoms with E-state index in [4.69, 9.17) is 23.7 Å². The Morgan fingerprint density at radius 2 is 1.68 bits per heavy atom. The second-order valence-corrected chi connectivity index (χ2v) is 4.25. The number of allylic oxidation sites excluding steroid dienone is 1. The molecular formula is C13H22O6. The van der Waals surface area contributed by atoms with Crippen molar-refractivity contribution < 1.29 is 28.5 Å². The van der Waals surface area contributed by atoms with Crippen LogP contribution in [-0.4, -0.2) is 58.0 Å². The number of carbonyl (C=O) groups is 1. The highest BCUT2D eigenvalue weighted by atomic mass is 16.7. The van der Waals surface area contributed by atoms with Crippen molar-refractivity contribution in [2.75, 3.05) is 21.3 Å². The van der Waals surface area contributed by atoms with E-state index in [1.165, 1.54) is 27.4 Å². The summed E-state index contributed by atoms with van der Waals surface area (Å²) in [7, 11) is 4.60. The Balaban J connectivity index is 2.85. The van der Waals surface area contributed by atoms with Crippen LogP contribution < -0.4 is 0 Å². The van der Waals surface area contributed by atoms with Gasteiger partial charge in [0, 0.05) is 27.4 Å². The van der Waals surface area contributed by atoms with Crippen molar-refractivity contribution in [1.29, 1.82) is 0 Å². The summed E-state index contributed by atoms with van der Waals surface area (Å²) < 4.78 is 26.9. The van der Waals surface area contributed by atoms with Crippen molar-refractivity contribution in [3.05, 3.63) is 12.2 Å². The monoisotopic (exact) mass is 274 g/mol. The first-order chi connectivity index (χ1) is 9.08. The van der Waals surface area contributed by atoms with Gasteiger partial charge in [-0.2, -0.15) is 0 Å². The van der Waals surface area contributed by atoms with Crippen molar-refractivity contribution in [3.63, 3.8) is 0 Å². The predicted octanol–water partition coefficient (Wildman–Crippen LogP) is 0.895. The minimum Gasteiger partial charge on any atom is -0.454 e. The number of hydrogen-bond donors (Lipinski definition) is 0. The third kappa shape index (κ3) is 3.76. The van der Waals surface area contributed by atoms with E-state index in [0.29, 0.717) is 0 Å². The Morgan fingerprint density at radius 1 is 1.05 bits per heavy atom. The van der Waals surface area contributed by atoms with Crippen molar-refractivity contribution in [2.24, 2.45) is 0 Å². The van der Waals surface area contributed by atoms with Crippen LogP contribution in [0.25, 0.3) is 0 Å². The first-order valence-corrected chi connectivity index (χ1v) is 6.16. The van der Waals surface area contributed by atoms with E-state index in [1.807, 2.05) is 0 Å². The second kappa shape index (κ2) is 7.59. The zero-order valence-corrected chi connectivity index (χ0v) is 12.0.